The Bertz CT molecular complexity index is 319. The van der Waals surface area contributed by atoms with Crippen LogP contribution < -0.4 is 5.32 Å². The zero-order valence-electron chi connectivity index (χ0n) is 10.2. The molecule has 1 aliphatic rings. The molecule has 0 saturated heterocycles. The highest BCUT2D eigenvalue weighted by molar-refractivity contribution is 7.12. The lowest BCUT2D eigenvalue weighted by molar-refractivity contribution is 0.124. The average molecular weight is 239 g/mol. The topological polar surface area (TPSA) is 21.3 Å². The van der Waals surface area contributed by atoms with Crippen LogP contribution >= 0.6 is 11.3 Å². The van der Waals surface area contributed by atoms with Crippen molar-refractivity contribution in [2.75, 3.05) is 19.8 Å². The SMILES string of the molecule is Cc1ccc(C(C)NCCOCC2CC2)s1. The van der Waals surface area contributed by atoms with Crippen molar-refractivity contribution in [1.82, 2.24) is 5.32 Å². The third kappa shape index (κ3) is 3.89. The fourth-order valence-corrected chi connectivity index (χ4v) is 2.57. The Morgan fingerprint density at radius 2 is 2.31 bits per heavy atom. The van der Waals surface area contributed by atoms with Gasteiger partial charge in [-0.1, -0.05) is 0 Å². The standard InChI is InChI=1S/C13H21NOS/c1-10-3-6-13(16-10)11(2)14-7-8-15-9-12-4-5-12/h3,6,11-12,14H,4-5,7-9H2,1-2H3. The van der Waals surface area contributed by atoms with Gasteiger partial charge in [0.25, 0.3) is 0 Å². The van der Waals surface area contributed by atoms with Gasteiger partial charge in [-0.05, 0) is 44.7 Å². The molecule has 0 bridgehead atoms. The van der Waals surface area contributed by atoms with Gasteiger partial charge in [-0.2, -0.15) is 0 Å². The molecule has 1 aromatic rings. The highest BCUT2D eigenvalue weighted by Gasteiger charge is 2.20. The molecule has 1 saturated carbocycles. The maximum absolute atomic E-state index is 5.59. The van der Waals surface area contributed by atoms with E-state index in [9.17, 15) is 0 Å². The van der Waals surface area contributed by atoms with Crippen LogP contribution in [-0.2, 0) is 4.74 Å². The van der Waals surface area contributed by atoms with Crippen LogP contribution in [0.5, 0.6) is 0 Å². The molecule has 0 radical (unpaired) electrons. The second-order valence-electron chi connectivity index (χ2n) is 4.64. The molecule has 2 nitrogen and oxygen atoms in total. The van der Waals surface area contributed by atoms with Crippen molar-refractivity contribution in [3.63, 3.8) is 0 Å². The van der Waals surface area contributed by atoms with Crippen molar-refractivity contribution < 1.29 is 4.74 Å². The summed E-state index contributed by atoms with van der Waals surface area (Å²) in [6.45, 7) is 7.12. The highest BCUT2D eigenvalue weighted by atomic mass is 32.1. The van der Waals surface area contributed by atoms with Crippen molar-refractivity contribution in [3.8, 4) is 0 Å². The van der Waals surface area contributed by atoms with E-state index in [4.69, 9.17) is 4.74 Å². The molecule has 0 amide bonds. The zero-order chi connectivity index (χ0) is 11.4. The molecule has 16 heavy (non-hydrogen) atoms. The molecular weight excluding hydrogens is 218 g/mol. The monoisotopic (exact) mass is 239 g/mol. The van der Waals surface area contributed by atoms with Crippen molar-refractivity contribution in [2.45, 2.75) is 32.7 Å². The molecule has 90 valence electrons. The molecule has 0 spiro atoms. The Balaban J connectivity index is 1.57. The zero-order valence-corrected chi connectivity index (χ0v) is 11.0. The molecule has 0 aromatic carbocycles. The van der Waals surface area contributed by atoms with Crippen molar-refractivity contribution >= 4 is 11.3 Å². The largest absolute Gasteiger partial charge is 0.380 e. The smallest absolute Gasteiger partial charge is 0.0591 e. The van der Waals surface area contributed by atoms with E-state index < -0.39 is 0 Å². The first-order valence-corrected chi connectivity index (χ1v) is 6.95. The molecule has 1 aromatic heterocycles. The third-order valence-electron chi connectivity index (χ3n) is 2.94. The summed E-state index contributed by atoms with van der Waals surface area (Å²) in [5.74, 6) is 0.873. The Morgan fingerprint density at radius 3 is 2.94 bits per heavy atom. The first-order chi connectivity index (χ1) is 7.75. The quantitative estimate of drug-likeness (QED) is 0.738. The number of nitrogens with one attached hydrogen (secondary N) is 1. The van der Waals surface area contributed by atoms with Gasteiger partial charge < -0.3 is 10.1 Å². The van der Waals surface area contributed by atoms with E-state index in [0.717, 1.165) is 25.7 Å². The molecule has 0 aliphatic heterocycles. The Kier molecular flexibility index (Phi) is 4.38. The molecule has 2 rings (SSSR count). The third-order valence-corrected chi connectivity index (χ3v) is 4.12. The lowest BCUT2D eigenvalue weighted by Crippen LogP contribution is -2.23. The van der Waals surface area contributed by atoms with Gasteiger partial charge in [0.05, 0.1) is 6.61 Å². The van der Waals surface area contributed by atoms with Crippen LogP contribution in [-0.4, -0.2) is 19.8 Å². The van der Waals surface area contributed by atoms with Crippen LogP contribution in [0, 0.1) is 12.8 Å². The van der Waals surface area contributed by atoms with Crippen LogP contribution in [0.25, 0.3) is 0 Å². The fourth-order valence-electron chi connectivity index (χ4n) is 1.67. The predicted molar refractivity (Wildman–Crippen MR) is 69.0 cm³/mol. The second kappa shape index (κ2) is 5.80. The van der Waals surface area contributed by atoms with E-state index in [1.54, 1.807) is 0 Å². The summed E-state index contributed by atoms with van der Waals surface area (Å²) < 4.78 is 5.59. The van der Waals surface area contributed by atoms with Crippen molar-refractivity contribution in [1.29, 1.82) is 0 Å². The van der Waals surface area contributed by atoms with E-state index >= 15 is 0 Å². The lowest BCUT2D eigenvalue weighted by Gasteiger charge is -2.12. The first-order valence-electron chi connectivity index (χ1n) is 6.13. The number of aryl methyl sites for hydroxylation is 1. The van der Waals surface area contributed by atoms with Crippen LogP contribution in [0.1, 0.15) is 35.6 Å². The van der Waals surface area contributed by atoms with E-state index in [1.807, 2.05) is 11.3 Å². The summed E-state index contributed by atoms with van der Waals surface area (Å²) >= 11 is 1.87. The van der Waals surface area contributed by atoms with Crippen LogP contribution in [0.3, 0.4) is 0 Å². The number of thiophene rings is 1. The van der Waals surface area contributed by atoms with E-state index in [0.29, 0.717) is 6.04 Å². The molecule has 1 N–H and O–H groups in total. The van der Waals surface area contributed by atoms with E-state index in [1.165, 1.54) is 22.6 Å². The van der Waals surface area contributed by atoms with E-state index in [2.05, 4.69) is 31.3 Å². The summed E-state index contributed by atoms with van der Waals surface area (Å²) in [5, 5.41) is 3.49. The average Bonchev–Trinajstić information content (AvgIpc) is 2.99. The highest BCUT2D eigenvalue weighted by Crippen LogP contribution is 2.28. The van der Waals surface area contributed by atoms with Gasteiger partial charge in [-0.25, -0.2) is 0 Å². The van der Waals surface area contributed by atoms with Gasteiger partial charge in [0.15, 0.2) is 0 Å². The number of rotatable bonds is 7. The summed E-state index contributed by atoms with van der Waals surface area (Å²) in [7, 11) is 0. The fraction of sp³-hybridized carbons (Fsp3) is 0.692. The summed E-state index contributed by atoms with van der Waals surface area (Å²) in [4.78, 5) is 2.80. The molecule has 1 atom stereocenters. The van der Waals surface area contributed by atoms with Gasteiger partial charge in [0.1, 0.15) is 0 Å². The van der Waals surface area contributed by atoms with Gasteiger partial charge in [-0.3, -0.25) is 0 Å². The normalized spacial score (nSPS) is 17.6. The van der Waals surface area contributed by atoms with Crippen molar-refractivity contribution in [2.24, 2.45) is 5.92 Å². The minimum atomic E-state index is 0.447. The van der Waals surface area contributed by atoms with Crippen LogP contribution in [0.2, 0.25) is 0 Å². The molecule has 1 heterocycles. The van der Waals surface area contributed by atoms with Gasteiger partial charge in [0.2, 0.25) is 0 Å². The number of hydrogen-bond acceptors (Lipinski definition) is 3. The molecule has 1 unspecified atom stereocenters. The predicted octanol–water partition coefficient (Wildman–Crippen LogP) is 3.13. The molecule has 1 fully saturated rings. The molecular formula is C13H21NOS. The van der Waals surface area contributed by atoms with Crippen LogP contribution in [0.4, 0.5) is 0 Å². The van der Waals surface area contributed by atoms with Gasteiger partial charge in [0, 0.05) is 28.9 Å². The molecule has 3 heteroatoms. The minimum Gasteiger partial charge on any atom is -0.380 e. The summed E-state index contributed by atoms with van der Waals surface area (Å²) in [6, 6.07) is 4.84. The Hall–Kier alpha value is -0.380. The van der Waals surface area contributed by atoms with Gasteiger partial charge >= 0.3 is 0 Å². The van der Waals surface area contributed by atoms with E-state index in [-0.39, 0.29) is 0 Å². The second-order valence-corrected chi connectivity index (χ2v) is 5.96. The Labute approximate surface area is 102 Å². The summed E-state index contributed by atoms with van der Waals surface area (Å²) in [5.41, 5.74) is 0. The maximum Gasteiger partial charge on any atom is 0.0591 e. The summed E-state index contributed by atoms with van der Waals surface area (Å²) in [6.07, 6.45) is 2.75. The molecule has 1 aliphatic carbocycles. The lowest BCUT2D eigenvalue weighted by atomic mass is 10.3. The van der Waals surface area contributed by atoms with Crippen LogP contribution in [0.15, 0.2) is 12.1 Å². The van der Waals surface area contributed by atoms with Gasteiger partial charge in [-0.15, -0.1) is 11.3 Å². The number of ether oxygens (including phenoxy) is 1. The minimum absolute atomic E-state index is 0.447. The number of hydrogen-bond donors (Lipinski definition) is 1. The maximum atomic E-state index is 5.59. The van der Waals surface area contributed by atoms with Crippen molar-refractivity contribution in [3.05, 3.63) is 21.9 Å². The Morgan fingerprint density at radius 1 is 1.50 bits per heavy atom. The first kappa shape index (κ1) is 12.1.